The zero-order valence-corrected chi connectivity index (χ0v) is 14.2. The lowest BCUT2D eigenvalue weighted by atomic mass is 10.1. The average Bonchev–Trinajstić information content (AvgIpc) is 3.07. The molecule has 1 aromatic carbocycles. The van der Waals surface area contributed by atoms with E-state index in [0.29, 0.717) is 24.2 Å². The molecule has 2 amide bonds. The molecule has 1 aliphatic rings. The number of amides is 2. The summed E-state index contributed by atoms with van der Waals surface area (Å²) in [7, 11) is 0. The predicted octanol–water partition coefficient (Wildman–Crippen LogP) is 3.17. The molecule has 0 aliphatic carbocycles. The van der Waals surface area contributed by atoms with Crippen molar-refractivity contribution in [1.29, 1.82) is 0 Å². The van der Waals surface area contributed by atoms with Crippen LogP contribution in [0.1, 0.15) is 56.3 Å². The van der Waals surface area contributed by atoms with Crippen molar-refractivity contribution >= 4 is 23.2 Å². The maximum Gasteiger partial charge on any atom is 0.253 e. The van der Waals surface area contributed by atoms with Crippen molar-refractivity contribution in [2.24, 2.45) is 0 Å². The fraction of sp³-hybridized carbons (Fsp3) is 0.556. The molecule has 0 radical (unpaired) electrons. The third-order valence-electron chi connectivity index (χ3n) is 3.98. The lowest BCUT2D eigenvalue weighted by Crippen LogP contribution is -2.28. The normalized spacial score (nSPS) is 13.9. The molecular formula is C18H27N3O2. The van der Waals surface area contributed by atoms with E-state index >= 15 is 0 Å². The lowest BCUT2D eigenvalue weighted by Gasteiger charge is -2.22. The van der Waals surface area contributed by atoms with Crippen LogP contribution in [0.2, 0.25) is 0 Å². The first-order valence-corrected chi connectivity index (χ1v) is 8.62. The molecule has 1 heterocycles. The van der Waals surface area contributed by atoms with Gasteiger partial charge >= 0.3 is 0 Å². The number of rotatable bonds is 7. The van der Waals surface area contributed by atoms with Gasteiger partial charge in [0.15, 0.2) is 0 Å². The number of nitrogens with one attached hydrogen (secondary N) is 2. The van der Waals surface area contributed by atoms with Crippen LogP contribution in [0.3, 0.4) is 0 Å². The maximum absolute atomic E-state index is 12.5. The molecule has 5 heteroatoms. The predicted molar refractivity (Wildman–Crippen MR) is 94.1 cm³/mol. The second-order valence-corrected chi connectivity index (χ2v) is 5.98. The first kappa shape index (κ1) is 17.3. The molecule has 1 saturated heterocycles. The van der Waals surface area contributed by atoms with Crippen LogP contribution >= 0.6 is 0 Å². The van der Waals surface area contributed by atoms with Gasteiger partial charge in [-0.2, -0.15) is 0 Å². The van der Waals surface area contributed by atoms with Gasteiger partial charge in [-0.1, -0.05) is 13.8 Å². The summed E-state index contributed by atoms with van der Waals surface area (Å²) >= 11 is 0. The minimum Gasteiger partial charge on any atom is -0.371 e. The fourth-order valence-electron chi connectivity index (χ4n) is 2.81. The molecule has 0 spiro atoms. The van der Waals surface area contributed by atoms with Gasteiger partial charge in [-0.15, -0.1) is 0 Å². The number of carbonyl (C=O) groups excluding carboxylic acids is 2. The highest BCUT2D eigenvalue weighted by Crippen LogP contribution is 2.27. The zero-order valence-electron chi connectivity index (χ0n) is 14.2. The zero-order chi connectivity index (χ0) is 16.7. The van der Waals surface area contributed by atoms with Crippen molar-refractivity contribution in [2.75, 3.05) is 29.9 Å². The third kappa shape index (κ3) is 4.71. The molecule has 23 heavy (non-hydrogen) atoms. The quantitative estimate of drug-likeness (QED) is 0.812. The topological polar surface area (TPSA) is 61.4 Å². The molecule has 0 unspecified atom stereocenters. The molecule has 1 aromatic rings. The first-order chi connectivity index (χ1) is 11.2. The molecule has 0 aromatic heterocycles. The van der Waals surface area contributed by atoms with E-state index in [1.54, 1.807) is 6.07 Å². The van der Waals surface area contributed by atoms with Gasteiger partial charge in [0.05, 0.1) is 5.56 Å². The Hall–Kier alpha value is -2.04. The minimum absolute atomic E-state index is 0.0126. The molecule has 1 fully saturated rings. The van der Waals surface area contributed by atoms with Crippen LogP contribution in [-0.4, -0.2) is 31.4 Å². The van der Waals surface area contributed by atoms with Crippen molar-refractivity contribution in [2.45, 2.75) is 46.0 Å². The number of anilines is 2. The molecule has 0 bridgehead atoms. The highest BCUT2D eigenvalue weighted by Gasteiger charge is 2.20. The fourth-order valence-corrected chi connectivity index (χ4v) is 2.81. The van der Waals surface area contributed by atoms with Crippen LogP contribution in [0.15, 0.2) is 18.2 Å². The van der Waals surface area contributed by atoms with Gasteiger partial charge in [0, 0.05) is 37.4 Å². The minimum atomic E-state index is -0.0691. The van der Waals surface area contributed by atoms with Gasteiger partial charge in [0.2, 0.25) is 5.91 Å². The molecule has 0 saturated carbocycles. The largest absolute Gasteiger partial charge is 0.371 e. The number of hydrogen-bond acceptors (Lipinski definition) is 3. The highest BCUT2D eigenvalue weighted by atomic mass is 16.2. The van der Waals surface area contributed by atoms with Gasteiger partial charge < -0.3 is 15.5 Å². The number of nitrogens with zero attached hydrogens (tertiary/aromatic N) is 1. The summed E-state index contributed by atoms with van der Waals surface area (Å²) in [4.78, 5) is 26.5. The van der Waals surface area contributed by atoms with E-state index < -0.39 is 0 Å². The number of benzene rings is 1. The second-order valence-electron chi connectivity index (χ2n) is 5.98. The summed E-state index contributed by atoms with van der Waals surface area (Å²) in [6.07, 6.45) is 4.51. The van der Waals surface area contributed by atoms with Crippen molar-refractivity contribution < 1.29 is 9.59 Å². The van der Waals surface area contributed by atoms with Crippen LogP contribution < -0.4 is 15.5 Å². The van der Waals surface area contributed by atoms with E-state index in [2.05, 4.69) is 15.5 Å². The Morgan fingerprint density at radius 1 is 1.13 bits per heavy atom. The van der Waals surface area contributed by atoms with Gasteiger partial charge in [-0.05, 0) is 43.9 Å². The van der Waals surface area contributed by atoms with Gasteiger partial charge in [0.1, 0.15) is 0 Å². The van der Waals surface area contributed by atoms with E-state index in [1.165, 1.54) is 0 Å². The smallest absolute Gasteiger partial charge is 0.253 e. The Morgan fingerprint density at radius 3 is 2.52 bits per heavy atom. The van der Waals surface area contributed by atoms with Crippen molar-refractivity contribution in [3.63, 3.8) is 0 Å². The SMILES string of the molecule is CCCNC(=O)c1cc(NC(=O)CCC)ccc1N1CCCC1. The highest BCUT2D eigenvalue weighted by molar-refractivity contribution is 6.02. The Bertz CT molecular complexity index is 551. The maximum atomic E-state index is 12.5. The van der Waals surface area contributed by atoms with Gasteiger partial charge in [-0.25, -0.2) is 0 Å². The van der Waals surface area contributed by atoms with Gasteiger partial charge in [0.25, 0.3) is 5.91 Å². The Labute approximate surface area is 138 Å². The summed E-state index contributed by atoms with van der Waals surface area (Å²) in [6, 6.07) is 5.64. The molecule has 5 nitrogen and oxygen atoms in total. The standard InChI is InChI=1S/C18H27N3O2/c1-3-7-17(22)20-14-8-9-16(21-11-5-6-12-21)15(13-14)18(23)19-10-4-2/h8-9,13H,3-7,10-12H2,1-2H3,(H,19,23)(H,20,22). The second kappa shape index (κ2) is 8.56. The van der Waals surface area contributed by atoms with E-state index in [4.69, 9.17) is 0 Å². The van der Waals surface area contributed by atoms with E-state index in [1.807, 2.05) is 26.0 Å². The summed E-state index contributed by atoms with van der Waals surface area (Å²) in [5.74, 6) is -0.0818. The Kier molecular flexibility index (Phi) is 6.44. The molecule has 2 N–H and O–H groups in total. The summed E-state index contributed by atoms with van der Waals surface area (Å²) in [5.41, 5.74) is 2.30. The van der Waals surface area contributed by atoms with Crippen LogP contribution in [0.25, 0.3) is 0 Å². The van der Waals surface area contributed by atoms with Crippen LogP contribution in [0, 0.1) is 0 Å². The molecule has 0 atom stereocenters. The molecular weight excluding hydrogens is 290 g/mol. The number of hydrogen-bond donors (Lipinski definition) is 2. The first-order valence-electron chi connectivity index (χ1n) is 8.62. The summed E-state index contributed by atoms with van der Waals surface area (Å²) in [6.45, 7) is 6.62. The summed E-state index contributed by atoms with van der Waals surface area (Å²) < 4.78 is 0. The lowest BCUT2D eigenvalue weighted by molar-refractivity contribution is -0.116. The van der Waals surface area contributed by atoms with Crippen molar-refractivity contribution in [3.8, 4) is 0 Å². The Morgan fingerprint density at radius 2 is 1.87 bits per heavy atom. The third-order valence-corrected chi connectivity index (χ3v) is 3.98. The summed E-state index contributed by atoms with van der Waals surface area (Å²) in [5, 5.41) is 5.81. The molecule has 1 aliphatic heterocycles. The van der Waals surface area contributed by atoms with Crippen LogP contribution in [-0.2, 0) is 4.79 Å². The van der Waals surface area contributed by atoms with E-state index in [0.717, 1.165) is 44.5 Å². The number of carbonyl (C=O) groups is 2. The molecule has 126 valence electrons. The van der Waals surface area contributed by atoms with Crippen LogP contribution in [0.5, 0.6) is 0 Å². The van der Waals surface area contributed by atoms with E-state index in [-0.39, 0.29) is 11.8 Å². The van der Waals surface area contributed by atoms with E-state index in [9.17, 15) is 9.59 Å². The molecule has 2 rings (SSSR count). The van der Waals surface area contributed by atoms with Crippen LogP contribution in [0.4, 0.5) is 11.4 Å². The van der Waals surface area contributed by atoms with Crippen molar-refractivity contribution in [3.05, 3.63) is 23.8 Å². The average molecular weight is 317 g/mol. The Balaban J connectivity index is 2.23. The van der Waals surface area contributed by atoms with Gasteiger partial charge in [-0.3, -0.25) is 9.59 Å². The van der Waals surface area contributed by atoms with Crippen molar-refractivity contribution in [1.82, 2.24) is 5.32 Å². The monoisotopic (exact) mass is 317 g/mol.